The van der Waals surface area contributed by atoms with E-state index in [-0.39, 0.29) is 30.3 Å². The van der Waals surface area contributed by atoms with Crippen molar-refractivity contribution in [3.05, 3.63) is 30.1 Å². The Morgan fingerprint density at radius 2 is 2.15 bits per heavy atom. The number of anilines is 1. The number of rotatable bonds is 7. The molecule has 1 unspecified atom stereocenters. The third-order valence-electron chi connectivity index (χ3n) is 4.05. The first-order chi connectivity index (χ1) is 12.5. The Hall–Kier alpha value is -2.97. The zero-order valence-electron chi connectivity index (χ0n) is 14.8. The number of hydrogen-bond donors (Lipinski definition) is 2. The molecule has 3 rings (SSSR count). The SMILES string of the molecule is CC(C)Oc1ccc(N2CC(C(=O)NCCc3nn[nH]n3)CC2=O)cc1. The summed E-state index contributed by atoms with van der Waals surface area (Å²) in [4.78, 5) is 26.2. The van der Waals surface area contributed by atoms with Gasteiger partial charge in [0.15, 0.2) is 5.82 Å². The van der Waals surface area contributed by atoms with Crippen LogP contribution in [-0.2, 0) is 16.0 Å². The van der Waals surface area contributed by atoms with E-state index >= 15 is 0 Å². The molecule has 9 heteroatoms. The minimum atomic E-state index is -0.362. The zero-order valence-corrected chi connectivity index (χ0v) is 14.8. The highest BCUT2D eigenvalue weighted by atomic mass is 16.5. The van der Waals surface area contributed by atoms with Crippen molar-refractivity contribution in [2.75, 3.05) is 18.0 Å². The van der Waals surface area contributed by atoms with Gasteiger partial charge in [-0.1, -0.05) is 5.21 Å². The molecule has 2 heterocycles. The van der Waals surface area contributed by atoms with Gasteiger partial charge in [0.05, 0.1) is 12.0 Å². The largest absolute Gasteiger partial charge is 0.491 e. The van der Waals surface area contributed by atoms with Crippen molar-refractivity contribution < 1.29 is 14.3 Å². The predicted octanol–water partition coefficient (Wildman–Crippen LogP) is 0.699. The van der Waals surface area contributed by atoms with Gasteiger partial charge >= 0.3 is 0 Å². The van der Waals surface area contributed by atoms with Gasteiger partial charge in [0, 0.05) is 31.6 Å². The van der Waals surface area contributed by atoms with Gasteiger partial charge in [0.2, 0.25) is 11.8 Å². The van der Waals surface area contributed by atoms with Crippen LogP contribution in [0.2, 0.25) is 0 Å². The average Bonchev–Trinajstić information content (AvgIpc) is 3.25. The van der Waals surface area contributed by atoms with Crippen molar-refractivity contribution in [3.63, 3.8) is 0 Å². The standard InChI is InChI=1S/C17H22N6O3/c1-11(2)26-14-5-3-13(4-6-14)23-10-12(9-16(23)24)17(25)18-8-7-15-19-21-22-20-15/h3-6,11-12H,7-10H2,1-2H3,(H,18,25)(H,19,20,21,22). The number of aromatic nitrogens is 4. The second kappa shape index (κ2) is 7.94. The number of carbonyl (C=O) groups is 2. The van der Waals surface area contributed by atoms with Crippen molar-refractivity contribution in [2.45, 2.75) is 32.8 Å². The second-order valence-electron chi connectivity index (χ2n) is 6.43. The maximum absolute atomic E-state index is 12.3. The van der Waals surface area contributed by atoms with Gasteiger partial charge in [0.25, 0.3) is 0 Å². The third-order valence-corrected chi connectivity index (χ3v) is 4.05. The molecule has 1 aliphatic heterocycles. The lowest BCUT2D eigenvalue weighted by Crippen LogP contribution is -2.34. The monoisotopic (exact) mass is 358 g/mol. The molecule has 0 saturated carbocycles. The Morgan fingerprint density at radius 3 is 2.81 bits per heavy atom. The van der Waals surface area contributed by atoms with E-state index in [9.17, 15) is 9.59 Å². The molecular formula is C17H22N6O3. The van der Waals surface area contributed by atoms with E-state index in [0.717, 1.165) is 11.4 Å². The topological polar surface area (TPSA) is 113 Å². The highest BCUT2D eigenvalue weighted by Gasteiger charge is 2.34. The summed E-state index contributed by atoms with van der Waals surface area (Å²) in [5.74, 6) is 0.744. The molecule has 1 aromatic heterocycles. The maximum Gasteiger partial charge on any atom is 0.227 e. The fraction of sp³-hybridized carbons (Fsp3) is 0.471. The van der Waals surface area contributed by atoms with Crippen LogP contribution in [0.15, 0.2) is 24.3 Å². The number of benzene rings is 1. The number of hydrogen-bond acceptors (Lipinski definition) is 6. The summed E-state index contributed by atoms with van der Waals surface area (Å²) in [6, 6.07) is 7.35. The van der Waals surface area contributed by atoms with E-state index in [1.165, 1.54) is 0 Å². The molecule has 2 N–H and O–H groups in total. The summed E-state index contributed by atoms with van der Waals surface area (Å²) in [6.45, 7) is 4.70. The van der Waals surface area contributed by atoms with Crippen LogP contribution in [0.3, 0.4) is 0 Å². The molecule has 9 nitrogen and oxygen atoms in total. The van der Waals surface area contributed by atoms with Crippen LogP contribution >= 0.6 is 0 Å². The van der Waals surface area contributed by atoms with Gasteiger partial charge < -0.3 is 15.0 Å². The van der Waals surface area contributed by atoms with Crippen molar-refractivity contribution in [1.29, 1.82) is 0 Å². The van der Waals surface area contributed by atoms with Crippen molar-refractivity contribution in [1.82, 2.24) is 25.9 Å². The fourth-order valence-corrected chi connectivity index (χ4v) is 2.84. The second-order valence-corrected chi connectivity index (χ2v) is 6.43. The molecule has 138 valence electrons. The number of amides is 2. The number of nitrogens with zero attached hydrogens (tertiary/aromatic N) is 4. The van der Waals surface area contributed by atoms with E-state index < -0.39 is 0 Å². The summed E-state index contributed by atoms with van der Waals surface area (Å²) in [7, 11) is 0. The van der Waals surface area contributed by atoms with Crippen LogP contribution < -0.4 is 15.0 Å². The van der Waals surface area contributed by atoms with Crippen LogP contribution in [0.5, 0.6) is 5.75 Å². The van der Waals surface area contributed by atoms with Gasteiger partial charge in [-0.25, -0.2) is 0 Å². The van der Waals surface area contributed by atoms with Crippen molar-refractivity contribution in [3.8, 4) is 5.75 Å². The summed E-state index contributed by atoms with van der Waals surface area (Å²) in [5.41, 5.74) is 0.771. The first-order valence-corrected chi connectivity index (χ1v) is 8.60. The van der Waals surface area contributed by atoms with Gasteiger partial charge in [-0.05, 0) is 38.1 Å². The first-order valence-electron chi connectivity index (χ1n) is 8.60. The highest BCUT2D eigenvalue weighted by Crippen LogP contribution is 2.27. The van der Waals surface area contributed by atoms with Gasteiger partial charge in [-0.3, -0.25) is 9.59 Å². The molecular weight excluding hydrogens is 336 g/mol. The summed E-state index contributed by atoms with van der Waals surface area (Å²) in [6.07, 6.45) is 0.789. The Kier molecular flexibility index (Phi) is 5.45. The lowest BCUT2D eigenvalue weighted by Gasteiger charge is -2.17. The van der Waals surface area contributed by atoms with E-state index in [0.29, 0.717) is 25.3 Å². The zero-order chi connectivity index (χ0) is 18.5. The smallest absolute Gasteiger partial charge is 0.227 e. The van der Waals surface area contributed by atoms with Gasteiger partial charge in [-0.15, -0.1) is 10.2 Å². The Labute approximate surface area is 151 Å². The predicted molar refractivity (Wildman–Crippen MR) is 93.6 cm³/mol. The van der Waals surface area contributed by atoms with E-state index in [2.05, 4.69) is 25.9 Å². The number of aromatic amines is 1. The summed E-state index contributed by atoms with van der Waals surface area (Å²) >= 11 is 0. The van der Waals surface area contributed by atoms with Crippen LogP contribution in [-0.4, -0.2) is 51.6 Å². The van der Waals surface area contributed by atoms with E-state index in [4.69, 9.17) is 4.74 Å². The quantitative estimate of drug-likeness (QED) is 0.753. The Bertz CT molecular complexity index is 744. The van der Waals surface area contributed by atoms with E-state index in [1.807, 2.05) is 38.1 Å². The molecule has 1 aromatic carbocycles. The Balaban J connectivity index is 1.53. The minimum Gasteiger partial charge on any atom is -0.491 e. The number of ether oxygens (including phenoxy) is 1. The average molecular weight is 358 g/mol. The van der Waals surface area contributed by atoms with Gasteiger partial charge in [-0.2, -0.15) is 5.21 Å². The van der Waals surface area contributed by atoms with Crippen LogP contribution in [0.4, 0.5) is 5.69 Å². The molecule has 0 aliphatic carbocycles. The normalized spacial score (nSPS) is 17.0. The number of nitrogens with one attached hydrogen (secondary N) is 2. The van der Waals surface area contributed by atoms with Crippen LogP contribution in [0.1, 0.15) is 26.1 Å². The molecule has 1 atom stereocenters. The lowest BCUT2D eigenvalue weighted by atomic mass is 10.1. The van der Waals surface area contributed by atoms with Crippen molar-refractivity contribution in [2.24, 2.45) is 5.92 Å². The van der Waals surface area contributed by atoms with Crippen LogP contribution in [0, 0.1) is 5.92 Å². The lowest BCUT2D eigenvalue weighted by molar-refractivity contribution is -0.126. The summed E-state index contributed by atoms with van der Waals surface area (Å²) < 4.78 is 5.61. The number of carbonyl (C=O) groups excluding carboxylic acids is 2. The molecule has 2 amide bonds. The first kappa shape index (κ1) is 17.8. The maximum atomic E-state index is 12.3. The minimum absolute atomic E-state index is 0.0548. The molecule has 0 bridgehead atoms. The molecule has 1 fully saturated rings. The summed E-state index contributed by atoms with van der Waals surface area (Å²) in [5, 5.41) is 16.3. The molecule has 2 aromatic rings. The van der Waals surface area contributed by atoms with E-state index in [1.54, 1.807) is 4.90 Å². The molecule has 0 radical (unpaired) electrons. The number of H-pyrrole nitrogens is 1. The van der Waals surface area contributed by atoms with Gasteiger partial charge in [0.1, 0.15) is 5.75 Å². The molecule has 26 heavy (non-hydrogen) atoms. The van der Waals surface area contributed by atoms with Crippen LogP contribution in [0.25, 0.3) is 0 Å². The van der Waals surface area contributed by atoms with Crippen molar-refractivity contribution >= 4 is 17.5 Å². The molecule has 1 aliphatic rings. The Morgan fingerprint density at radius 1 is 1.38 bits per heavy atom. The highest BCUT2D eigenvalue weighted by molar-refractivity contribution is 6.00. The number of tetrazole rings is 1. The molecule has 0 spiro atoms. The third kappa shape index (κ3) is 4.35. The fourth-order valence-electron chi connectivity index (χ4n) is 2.84. The molecule has 1 saturated heterocycles.